The summed E-state index contributed by atoms with van der Waals surface area (Å²) >= 11 is 0. The van der Waals surface area contributed by atoms with E-state index in [1.165, 1.54) is 40.9 Å². The van der Waals surface area contributed by atoms with Gasteiger partial charge in [0.15, 0.2) is 0 Å². The minimum Gasteiger partial charge on any atom is -0.383 e. The van der Waals surface area contributed by atoms with Crippen LogP contribution in [0.2, 0.25) is 0 Å². The fourth-order valence-electron chi connectivity index (χ4n) is 3.41. The van der Waals surface area contributed by atoms with Gasteiger partial charge in [-0.3, -0.25) is 0 Å². The van der Waals surface area contributed by atoms with Gasteiger partial charge in [-0.15, -0.1) is 0 Å². The molecule has 1 aliphatic carbocycles. The summed E-state index contributed by atoms with van der Waals surface area (Å²) in [6.45, 7) is 12.5. The number of imidazole rings is 1. The quantitative estimate of drug-likeness (QED) is 0.777. The molecule has 0 atom stereocenters. The van der Waals surface area contributed by atoms with E-state index < -0.39 is 0 Å². The summed E-state index contributed by atoms with van der Waals surface area (Å²) in [5, 5.41) is 7.19. The van der Waals surface area contributed by atoms with E-state index in [-0.39, 0.29) is 0 Å². The van der Waals surface area contributed by atoms with Crippen molar-refractivity contribution in [3.63, 3.8) is 0 Å². The third-order valence-electron chi connectivity index (χ3n) is 4.91. The zero-order valence-corrected chi connectivity index (χ0v) is 15.4. The van der Waals surface area contributed by atoms with Crippen LogP contribution in [0.15, 0.2) is 18.5 Å². The van der Waals surface area contributed by atoms with Gasteiger partial charge in [-0.2, -0.15) is 0 Å². The molecule has 2 aromatic rings. The maximum absolute atomic E-state index is 4.50. The molecule has 1 saturated carbocycles. The highest BCUT2D eigenvalue weighted by molar-refractivity contribution is 5.58. The number of hydrogen-bond acceptors (Lipinski definition) is 3. The Kier molecular flexibility index (Phi) is 5.24. The SMILES string of the molecule is Cc1cc(C)c(NCCn2cnc(C)c2CNCC2CC2)c(C)c1. The molecule has 0 unspecified atom stereocenters. The van der Waals surface area contributed by atoms with Crippen molar-refractivity contribution < 1.29 is 0 Å². The first-order chi connectivity index (χ1) is 11.5. The summed E-state index contributed by atoms with van der Waals surface area (Å²) < 4.78 is 2.28. The van der Waals surface area contributed by atoms with Gasteiger partial charge < -0.3 is 15.2 Å². The van der Waals surface area contributed by atoms with Crippen LogP contribution in [0.3, 0.4) is 0 Å². The maximum Gasteiger partial charge on any atom is 0.0952 e. The first kappa shape index (κ1) is 17.0. The van der Waals surface area contributed by atoms with E-state index in [0.29, 0.717) is 0 Å². The lowest BCUT2D eigenvalue weighted by Gasteiger charge is -2.15. The van der Waals surface area contributed by atoms with Crippen LogP contribution in [0.5, 0.6) is 0 Å². The largest absolute Gasteiger partial charge is 0.383 e. The van der Waals surface area contributed by atoms with Crippen molar-refractivity contribution in [1.29, 1.82) is 0 Å². The van der Waals surface area contributed by atoms with Crippen LogP contribution in [-0.4, -0.2) is 22.6 Å². The molecule has 1 aliphatic rings. The van der Waals surface area contributed by atoms with Crippen molar-refractivity contribution in [2.75, 3.05) is 18.4 Å². The summed E-state index contributed by atoms with van der Waals surface area (Å²) in [7, 11) is 0. The molecule has 1 aromatic carbocycles. The molecule has 1 aromatic heterocycles. The highest BCUT2D eigenvalue weighted by Gasteiger charge is 2.20. The molecule has 0 aliphatic heterocycles. The second-order valence-electron chi connectivity index (χ2n) is 7.24. The van der Waals surface area contributed by atoms with E-state index in [2.05, 4.69) is 60.0 Å². The molecule has 130 valence electrons. The van der Waals surface area contributed by atoms with Crippen molar-refractivity contribution in [1.82, 2.24) is 14.9 Å². The van der Waals surface area contributed by atoms with Crippen molar-refractivity contribution in [2.45, 2.75) is 53.6 Å². The van der Waals surface area contributed by atoms with E-state index in [9.17, 15) is 0 Å². The monoisotopic (exact) mass is 326 g/mol. The summed E-state index contributed by atoms with van der Waals surface area (Å²) in [4.78, 5) is 4.50. The average molecular weight is 326 g/mol. The van der Waals surface area contributed by atoms with Gasteiger partial charge >= 0.3 is 0 Å². The molecule has 0 amide bonds. The number of hydrogen-bond donors (Lipinski definition) is 2. The number of aryl methyl sites for hydroxylation is 4. The second kappa shape index (κ2) is 7.39. The highest BCUT2D eigenvalue weighted by atomic mass is 15.1. The molecule has 1 fully saturated rings. The van der Waals surface area contributed by atoms with Gasteiger partial charge in [-0.25, -0.2) is 4.98 Å². The first-order valence-electron chi connectivity index (χ1n) is 9.07. The molecule has 0 saturated heterocycles. The molecule has 2 N–H and O–H groups in total. The molecule has 0 bridgehead atoms. The van der Waals surface area contributed by atoms with Crippen molar-refractivity contribution >= 4 is 5.69 Å². The van der Waals surface area contributed by atoms with Crippen LogP contribution in [-0.2, 0) is 13.1 Å². The molecule has 0 spiro atoms. The molecular weight excluding hydrogens is 296 g/mol. The van der Waals surface area contributed by atoms with Crippen molar-refractivity contribution in [3.8, 4) is 0 Å². The van der Waals surface area contributed by atoms with Crippen molar-refractivity contribution in [3.05, 3.63) is 46.5 Å². The Morgan fingerprint density at radius 1 is 1.12 bits per heavy atom. The number of benzene rings is 1. The molecule has 3 rings (SSSR count). The smallest absolute Gasteiger partial charge is 0.0952 e. The lowest BCUT2D eigenvalue weighted by molar-refractivity contribution is 0.593. The van der Waals surface area contributed by atoms with Crippen molar-refractivity contribution in [2.24, 2.45) is 5.92 Å². The second-order valence-corrected chi connectivity index (χ2v) is 7.24. The number of nitrogens with zero attached hydrogens (tertiary/aromatic N) is 2. The van der Waals surface area contributed by atoms with E-state index >= 15 is 0 Å². The fourth-order valence-corrected chi connectivity index (χ4v) is 3.41. The summed E-state index contributed by atoms with van der Waals surface area (Å²) in [6, 6.07) is 4.48. The Labute approximate surface area is 145 Å². The molecule has 1 heterocycles. The van der Waals surface area contributed by atoms with Crippen LogP contribution in [0.4, 0.5) is 5.69 Å². The zero-order chi connectivity index (χ0) is 17.1. The number of aromatic nitrogens is 2. The Bertz CT molecular complexity index is 675. The summed E-state index contributed by atoms with van der Waals surface area (Å²) in [5.74, 6) is 0.913. The van der Waals surface area contributed by atoms with Gasteiger partial charge in [-0.05, 0) is 64.1 Å². The standard InChI is InChI=1S/C20H30N4/c1-14-9-15(2)20(16(3)10-14)22-7-8-24-13-23-17(4)19(24)12-21-11-18-5-6-18/h9-10,13,18,21-22H,5-8,11-12H2,1-4H3. The van der Waals surface area contributed by atoms with Gasteiger partial charge in [-0.1, -0.05) is 17.7 Å². The Morgan fingerprint density at radius 3 is 2.50 bits per heavy atom. The Hall–Kier alpha value is -1.81. The molecule has 24 heavy (non-hydrogen) atoms. The Balaban J connectivity index is 1.56. The van der Waals surface area contributed by atoms with E-state index in [4.69, 9.17) is 0 Å². The number of rotatable bonds is 8. The van der Waals surface area contributed by atoms with Crippen LogP contribution in [0, 0.1) is 33.6 Å². The normalized spacial score (nSPS) is 14.2. The zero-order valence-electron chi connectivity index (χ0n) is 15.4. The number of nitrogens with one attached hydrogen (secondary N) is 2. The first-order valence-corrected chi connectivity index (χ1v) is 9.07. The molecule has 0 radical (unpaired) electrons. The van der Waals surface area contributed by atoms with Crippen LogP contribution in [0.25, 0.3) is 0 Å². The summed E-state index contributed by atoms with van der Waals surface area (Å²) in [6.07, 6.45) is 4.76. The topological polar surface area (TPSA) is 41.9 Å². The fraction of sp³-hybridized carbons (Fsp3) is 0.550. The third-order valence-corrected chi connectivity index (χ3v) is 4.91. The van der Waals surface area contributed by atoms with Gasteiger partial charge in [0.05, 0.1) is 17.7 Å². The van der Waals surface area contributed by atoms with Gasteiger partial charge in [0.2, 0.25) is 0 Å². The molecule has 4 nitrogen and oxygen atoms in total. The Morgan fingerprint density at radius 2 is 1.83 bits per heavy atom. The van der Waals surface area contributed by atoms with E-state index in [0.717, 1.165) is 37.8 Å². The van der Waals surface area contributed by atoms with E-state index in [1.54, 1.807) is 0 Å². The van der Waals surface area contributed by atoms with Crippen LogP contribution in [0.1, 0.15) is 40.9 Å². The predicted molar refractivity (Wildman–Crippen MR) is 101 cm³/mol. The third kappa shape index (κ3) is 4.18. The lowest BCUT2D eigenvalue weighted by atomic mass is 10.1. The van der Waals surface area contributed by atoms with Crippen LogP contribution >= 0.6 is 0 Å². The summed E-state index contributed by atoms with van der Waals surface area (Å²) in [5.41, 5.74) is 7.69. The van der Waals surface area contributed by atoms with Gasteiger partial charge in [0.25, 0.3) is 0 Å². The number of anilines is 1. The highest BCUT2D eigenvalue weighted by Crippen LogP contribution is 2.27. The van der Waals surface area contributed by atoms with Gasteiger partial charge in [0.1, 0.15) is 0 Å². The predicted octanol–water partition coefficient (Wildman–Crippen LogP) is 3.73. The minimum atomic E-state index is 0.913. The average Bonchev–Trinajstić information content (AvgIpc) is 3.27. The van der Waals surface area contributed by atoms with Gasteiger partial charge in [0, 0.05) is 25.3 Å². The molecular formula is C20H30N4. The molecule has 4 heteroatoms. The van der Waals surface area contributed by atoms with Crippen LogP contribution < -0.4 is 10.6 Å². The van der Waals surface area contributed by atoms with E-state index in [1.807, 2.05) is 6.33 Å². The maximum atomic E-state index is 4.50. The minimum absolute atomic E-state index is 0.913. The lowest BCUT2D eigenvalue weighted by Crippen LogP contribution is -2.21.